The summed E-state index contributed by atoms with van der Waals surface area (Å²) >= 11 is 0. The molecule has 0 aliphatic rings. The molecular formula is C45H74O6. The van der Waals surface area contributed by atoms with Gasteiger partial charge in [0, 0.05) is 5.56 Å². The van der Waals surface area contributed by atoms with Crippen molar-refractivity contribution in [3.05, 3.63) is 41.5 Å². The minimum absolute atomic E-state index is 0.0926. The largest absolute Gasteiger partial charge is 0.504 e. The number of unbranched alkanes of at least 4 members (excludes halogenated alkanes) is 20. The van der Waals surface area contributed by atoms with E-state index in [1.165, 1.54) is 89.9 Å². The molecule has 2 rings (SSSR count). The third-order valence-corrected chi connectivity index (χ3v) is 9.54. The Morgan fingerprint density at radius 3 is 1.14 bits per heavy atom. The maximum atomic E-state index is 14.3. The number of rotatable bonds is 34. The fourth-order valence-corrected chi connectivity index (χ4v) is 6.35. The molecule has 0 radical (unpaired) electrons. The molecule has 290 valence electrons. The highest BCUT2D eigenvalue weighted by Crippen LogP contribution is 2.54. The number of hydrogen-bond donors (Lipinski definition) is 1. The first kappa shape index (κ1) is 44.3. The molecular weight excluding hydrogens is 636 g/mol. The first-order chi connectivity index (χ1) is 25.1. The van der Waals surface area contributed by atoms with E-state index in [0.717, 1.165) is 64.2 Å². The lowest BCUT2D eigenvalue weighted by molar-refractivity contribution is 0.102. The fourth-order valence-electron chi connectivity index (χ4n) is 6.35. The van der Waals surface area contributed by atoms with Crippen LogP contribution in [0.15, 0.2) is 30.3 Å². The summed E-state index contributed by atoms with van der Waals surface area (Å²) in [6, 6.07) is 9.11. The van der Waals surface area contributed by atoms with Crippen molar-refractivity contribution in [1.82, 2.24) is 0 Å². The van der Waals surface area contributed by atoms with Gasteiger partial charge in [0.1, 0.15) is 5.56 Å². The van der Waals surface area contributed by atoms with E-state index in [2.05, 4.69) is 27.7 Å². The van der Waals surface area contributed by atoms with Gasteiger partial charge >= 0.3 is 0 Å². The van der Waals surface area contributed by atoms with Crippen molar-refractivity contribution >= 4 is 5.78 Å². The Labute approximate surface area is 312 Å². The topological polar surface area (TPSA) is 74.2 Å². The molecule has 0 saturated carbocycles. The van der Waals surface area contributed by atoms with Gasteiger partial charge in [0.05, 0.1) is 26.4 Å². The number of ether oxygens (including phenoxy) is 4. The molecule has 0 unspecified atom stereocenters. The van der Waals surface area contributed by atoms with Crippen LogP contribution in [0.5, 0.6) is 28.7 Å². The SMILES string of the molecule is CCCCCCCCOc1c(O)c(C(=O)c2ccccc2)c(OCCCCCCCC)c(OCCCCCCCC)c1OCCCCCCCC. The molecule has 2 aromatic rings. The van der Waals surface area contributed by atoms with Crippen LogP contribution >= 0.6 is 0 Å². The lowest BCUT2D eigenvalue weighted by Crippen LogP contribution is -2.13. The predicted octanol–water partition coefficient (Wildman–Crippen LogP) is 13.6. The first-order valence-corrected chi connectivity index (χ1v) is 21.1. The van der Waals surface area contributed by atoms with Crippen LogP contribution in [0.3, 0.4) is 0 Å². The number of carbonyl (C=O) groups is 1. The Morgan fingerprint density at radius 2 is 0.745 bits per heavy atom. The highest BCUT2D eigenvalue weighted by Gasteiger charge is 2.33. The van der Waals surface area contributed by atoms with Crippen molar-refractivity contribution in [3.63, 3.8) is 0 Å². The highest BCUT2D eigenvalue weighted by atomic mass is 16.6. The molecule has 1 N–H and O–H groups in total. The minimum atomic E-state index is -0.317. The van der Waals surface area contributed by atoms with E-state index in [9.17, 15) is 9.90 Å². The van der Waals surface area contributed by atoms with Crippen LogP contribution < -0.4 is 18.9 Å². The Bertz CT molecular complexity index is 1150. The van der Waals surface area contributed by atoms with Gasteiger partial charge in [0.2, 0.25) is 23.0 Å². The third kappa shape index (κ3) is 17.9. The number of hydrogen-bond acceptors (Lipinski definition) is 6. The molecule has 0 amide bonds. The molecule has 0 spiro atoms. The smallest absolute Gasteiger partial charge is 0.211 e. The lowest BCUT2D eigenvalue weighted by Gasteiger charge is -2.24. The van der Waals surface area contributed by atoms with Crippen LogP contribution in [0.1, 0.15) is 198 Å². The zero-order valence-electron chi connectivity index (χ0n) is 33.2. The molecule has 0 saturated heterocycles. The second-order valence-corrected chi connectivity index (χ2v) is 14.2. The van der Waals surface area contributed by atoms with Gasteiger partial charge in [0.15, 0.2) is 11.5 Å². The molecule has 0 atom stereocenters. The second-order valence-electron chi connectivity index (χ2n) is 14.2. The summed E-state index contributed by atoms with van der Waals surface area (Å²) in [7, 11) is 0. The molecule has 0 aromatic heterocycles. The second kappa shape index (κ2) is 29.7. The molecule has 0 heterocycles. The van der Waals surface area contributed by atoms with E-state index >= 15 is 0 Å². The quantitative estimate of drug-likeness (QED) is 0.0576. The summed E-state index contributed by atoms with van der Waals surface area (Å²) in [5, 5.41) is 12.0. The molecule has 6 nitrogen and oxygen atoms in total. The van der Waals surface area contributed by atoms with Crippen molar-refractivity contribution in [2.75, 3.05) is 26.4 Å². The zero-order chi connectivity index (χ0) is 36.8. The molecule has 0 aliphatic carbocycles. The van der Waals surface area contributed by atoms with E-state index in [-0.39, 0.29) is 28.6 Å². The Morgan fingerprint density at radius 1 is 0.431 bits per heavy atom. The van der Waals surface area contributed by atoms with Crippen molar-refractivity contribution in [2.45, 2.75) is 182 Å². The maximum Gasteiger partial charge on any atom is 0.211 e. The molecule has 0 aliphatic heterocycles. The van der Waals surface area contributed by atoms with E-state index < -0.39 is 0 Å². The fraction of sp³-hybridized carbons (Fsp3) is 0.711. The monoisotopic (exact) mass is 711 g/mol. The van der Waals surface area contributed by atoms with Gasteiger partial charge in [-0.15, -0.1) is 0 Å². The van der Waals surface area contributed by atoms with E-state index in [0.29, 0.717) is 43.5 Å². The lowest BCUT2D eigenvalue weighted by atomic mass is 9.99. The standard InChI is InChI=1S/C45H74O6/c1-5-9-13-17-21-28-34-48-42-39(40(46)38-32-26-25-27-33-38)41(47)43(49-35-29-22-18-14-10-6-2)45(51-37-31-24-20-16-12-8-4)44(42)50-36-30-23-19-15-11-7-3/h25-27,32-33,47H,5-24,28-31,34-37H2,1-4H3. The van der Waals surface area contributed by atoms with Crippen molar-refractivity contribution < 1.29 is 28.8 Å². The van der Waals surface area contributed by atoms with Crippen molar-refractivity contribution in [1.29, 1.82) is 0 Å². The van der Waals surface area contributed by atoms with Crippen LogP contribution in [-0.2, 0) is 0 Å². The van der Waals surface area contributed by atoms with E-state index in [4.69, 9.17) is 18.9 Å². The van der Waals surface area contributed by atoms with E-state index in [1.807, 2.05) is 18.2 Å². The van der Waals surface area contributed by atoms with Gasteiger partial charge in [-0.2, -0.15) is 0 Å². The molecule has 2 aromatic carbocycles. The summed E-state index contributed by atoms with van der Waals surface area (Å²) in [5.74, 6) is 0.667. The number of carbonyl (C=O) groups excluding carboxylic acids is 1. The van der Waals surface area contributed by atoms with E-state index in [1.54, 1.807) is 12.1 Å². The first-order valence-electron chi connectivity index (χ1n) is 21.1. The van der Waals surface area contributed by atoms with Gasteiger partial charge in [-0.05, 0) is 25.7 Å². The van der Waals surface area contributed by atoms with Gasteiger partial charge in [-0.1, -0.05) is 186 Å². The summed E-state index contributed by atoms with van der Waals surface area (Å²) < 4.78 is 26.0. The van der Waals surface area contributed by atoms with Crippen LogP contribution in [-0.4, -0.2) is 37.3 Å². The molecule has 0 bridgehead atoms. The maximum absolute atomic E-state index is 14.3. The molecule has 51 heavy (non-hydrogen) atoms. The summed E-state index contributed by atoms with van der Waals surface area (Å²) in [4.78, 5) is 14.3. The van der Waals surface area contributed by atoms with Crippen LogP contribution in [0, 0.1) is 0 Å². The minimum Gasteiger partial charge on any atom is -0.504 e. The van der Waals surface area contributed by atoms with Crippen molar-refractivity contribution in [2.24, 2.45) is 0 Å². The number of aromatic hydroxyl groups is 1. The van der Waals surface area contributed by atoms with Crippen LogP contribution in [0.25, 0.3) is 0 Å². The van der Waals surface area contributed by atoms with Gasteiger partial charge in [-0.25, -0.2) is 0 Å². The Kier molecular flexibility index (Phi) is 25.7. The number of phenolic OH excluding ortho intramolecular Hbond substituents is 1. The molecule has 0 fully saturated rings. The highest BCUT2D eigenvalue weighted by molar-refractivity contribution is 6.14. The van der Waals surface area contributed by atoms with Crippen LogP contribution in [0.4, 0.5) is 0 Å². The summed E-state index contributed by atoms with van der Waals surface area (Å²) in [6.45, 7) is 10.7. The number of ketones is 1. The third-order valence-electron chi connectivity index (χ3n) is 9.54. The number of benzene rings is 2. The average molecular weight is 711 g/mol. The Balaban J connectivity index is 2.52. The predicted molar refractivity (Wildman–Crippen MR) is 213 cm³/mol. The van der Waals surface area contributed by atoms with Crippen molar-refractivity contribution in [3.8, 4) is 28.7 Å². The number of phenols is 1. The molecule has 6 heteroatoms. The summed E-state index contributed by atoms with van der Waals surface area (Å²) in [6.07, 6.45) is 27.0. The summed E-state index contributed by atoms with van der Waals surface area (Å²) in [5.41, 5.74) is 0.566. The van der Waals surface area contributed by atoms with Gasteiger partial charge in [-0.3, -0.25) is 4.79 Å². The van der Waals surface area contributed by atoms with Crippen LogP contribution in [0.2, 0.25) is 0 Å². The zero-order valence-corrected chi connectivity index (χ0v) is 33.2. The van der Waals surface area contributed by atoms with Gasteiger partial charge < -0.3 is 24.1 Å². The normalized spacial score (nSPS) is 11.1. The van der Waals surface area contributed by atoms with Gasteiger partial charge in [0.25, 0.3) is 0 Å². The Hall–Kier alpha value is -2.89. The average Bonchev–Trinajstić information content (AvgIpc) is 3.15.